The molecule has 0 atom stereocenters. The van der Waals surface area contributed by atoms with E-state index in [1.807, 2.05) is 19.1 Å². The van der Waals surface area contributed by atoms with E-state index in [0.717, 1.165) is 43.3 Å². The predicted octanol–water partition coefficient (Wildman–Crippen LogP) is 10.8. The molecule has 0 spiro atoms. The Bertz CT molecular complexity index is 1970. The van der Waals surface area contributed by atoms with Crippen LogP contribution in [0.25, 0.3) is 5.57 Å². The van der Waals surface area contributed by atoms with Crippen LogP contribution in [0.2, 0.25) is 0 Å². The van der Waals surface area contributed by atoms with Gasteiger partial charge in [0.2, 0.25) is 0 Å². The number of nitrogens with zero attached hydrogens (tertiary/aromatic N) is 2. The largest absolute Gasteiger partial charge is 0.494 e. The Morgan fingerprint density at radius 1 is 0.660 bits per heavy atom. The Kier molecular flexibility index (Phi) is 11.4. The van der Waals surface area contributed by atoms with Crippen LogP contribution in [0.15, 0.2) is 157 Å². The minimum absolute atomic E-state index is 0.660. The van der Waals surface area contributed by atoms with Gasteiger partial charge in [0.25, 0.3) is 0 Å². The second-order valence-corrected chi connectivity index (χ2v) is 12.6. The predicted molar refractivity (Wildman–Crippen MR) is 212 cm³/mol. The lowest BCUT2D eigenvalue weighted by Crippen LogP contribution is -2.21. The first-order valence-electron chi connectivity index (χ1n) is 17.8. The number of benzene rings is 5. The van der Waals surface area contributed by atoms with E-state index < -0.39 is 0 Å². The quantitative estimate of drug-likeness (QED) is 0.128. The van der Waals surface area contributed by atoms with Gasteiger partial charge in [-0.2, -0.15) is 0 Å². The average Bonchev–Trinajstić information content (AvgIpc) is 3.16. The first kappa shape index (κ1) is 34.3. The molecule has 0 unspecified atom stereocenters. The van der Waals surface area contributed by atoms with Crippen LogP contribution < -0.4 is 15.0 Å². The lowest BCUT2D eigenvalue weighted by molar-refractivity contribution is -0.539. The molecular weight excluding hydrogens is 611 g/mol. The normalized spacial score (nSPS) is 12.2. The number of rotatable bonds is 13. The van der Waals surface area contributed by atoms with E-state index in [4.69, 9.17) is 4.74 Å². The second-order valence-electron chi connectivity index (χ2n) is 12.6. The van der Waals surface area contributed by atoms with Gasteiger partial charge in [0.1, 0.15) is 12.3 Å². The molecule has 1 aliphatic rings. The van der Waals surface area contributed by atoms with Crippen LogP contribution >= 0.6 is 0 Å². The van der Waals surface area contributed by atoms with Crippen molar-refractivity contribution in [1.82, 2.24) is 0 Å². The van der Waals surface area contributed by atoms with Crippen molar-refractivity contribution in [2.75, 3.05) is 29.9 Å². The number of allylic oxidation sites excluding steroid dienone is 5. The zero-order valence-corrected chi connectivity index (χ0v) is 29.8. The SMILES string of the molecule is CCOc1ccc(Nc2ccc(C(=C3C=CC(=[N+](CC)Cc4cccc(C)c4)C=C3)c3ccc(N(CC)Cc4ccccc4)cc3)cc2)cc1. The molecule has 0 aromatic heterocycles. The number of hydrogen-bond acceptors (Lipinski definition) is 3. The number of anilines is 3. The summed E-state index contributed by atoms with van der Waals surface area (Å²) in [5.41, 5.74) is 13.2. The summed E-state index contributed by atoms with van der Waals surface area (Å²) in [6.07, 6.45) is 9.08. The van der Waals surface area contributed by atoms with Gasteiger partial charge in [-0.05, 0) is 122 Å². The molecule has 0 fully saturated rings. The smallest absolute Gasteiger partial charge is 0.200 e. The molecule has 4 heteroatoms. The summed E-state index contributed by atoms with van der Waals surface area (Å²) in [4.78, 5) is 2.42. The molecule has 0 aliphatic heterocycles. The maximum absolute atomic E-state index is 5.61. The van der Waals surface area contributed by atoms with E-state index in [9.17, 15) is 0 Å². The highest BCUT2D eigenvalue weighted by Crippen LogP contribution is 2.33. The summed E-state index contributed by atoms with van der Waals surface area (Å²) < 4.78 is 8.04. The molecule has 1 N–H and O–H groups in total. The molecule has 4 nitrogen and oxygen atoms in total. The van der Waals surface area contributed by atoms with E-state index >= 15 is 0 Å². The monoisotopic (exact) mass is 658 g/mol. The van der Waals surface area contributed by atoms with Crippen molar-refractivity contribution in [3.05, 3.63) is 185 Å². The summed E-state index contributed by atoms with van der Waals surface area (Å²) in [6.45, 7) is 12.9. The van der Waals surface area contributed by atoms with Crippen LogP contribution in [-0.4, -0.2) is 30.0 Å². The van der Waals surface area contributed by atoms with E-state index in [1.165, 1.54) is 50.4 Å². The topological polar surface area (TPSA) is 27.5 Å². The van der Waals surface area contributed by atoms with Gasteiger partial charge in [-0.15, -0.1) is 0 Å². The average molecular weight is 659 g/mol. The lowest BCUT2D eigenvalue weighted by Gasteiger charge is -2.24. The Hall–Kier alpha value is -5.61. The highest BCUT2D eigenvalue weighted by Gasteiger charge is 2.16. The minimum atomic E-state index is 0.660. The maximum atomic E-state index is 5.61. The molecule has 0 saturated heterocycles. The highest BCUT2D eigenvalue weighted by molar-refractivity contribution is 6.04. The Morgan fingerprint density at radius 2 is 1.28 bits per heavy atom. The van der Waals surface area contributed by atoms with Crippen LogP contribution in [0, 0.1) is 6.92 Å². The van der Waals surface area contributed by atoms with Gasteiger partial charge in [0, 0.05) is 47.9 Å². The van der Waals surface area contributed by atoms with Gasteiger partial charge in [-0.3, -0.25) is 0 Å². The van der Waals surface area contributed by atoms with Gasteiger partial charge in [0.05, 0.1) is 6.61 Å². The highest BCUT2D eigenvalue weighted by atomic mass is 16.5. The molecule has 0 amide bonds. The van der Waals surface area contributed by atoms with Gasteiger partial charge >= 0.3 is 0 Å². The molecule has 50 heavy (non-hydrogen) atoms. The van der Waals surface area contributed by atoms with Crippen molar-refractivity contribution in [3.8, 4) is 5.75 Å². The molecule has 0 saturated carbocycles. The molecule has 5 aromatic carbocycles. The third-order valence-electron chi connectivity index (χ3n) is 9.11. The summed E-state index contributed by atoms with van der Waals surface area (Å²) in [7, 11) is 0. The van der Waals surface area contributed by atoms with Crippen LogP contribution in [0.4, 0.5) is 17.1 Å². The fraction of sp³-hybridized carbons (Fsp3) is 0.196. The Balaban J connectivity index is 1.31. The molecule has 252 valence electrons. The minimum Gasteiger partial charge on any atom is -0.494 e. The molecule has 5 aromatic rings. The number of nitrogens with one attached hydrogen (secondary N) is 1. The lowest BCUT2D eigenvalue weighted by atomic mass is 9.90. The summed E-state index contributed by atoms with van der Waals surface area (Å²) >= 11 is 0. The van der Waals surface area contributed by atoms with Crippen LogP contribution in [0.1, 0.15) is 48.6 Å². The maximum Gasteiger partial charge on any atom is 0.200 e. The van der Waals surface area contributed by atoms with Crippen molar-refractivity contribution in [2.45, 2.75) is 40.8 Å². The first-order chi connectivity index (χ1) is 24.5. The number of hydrogen-bond donors (Lipinski definition) is 1. The van der Waals surface area contributed by atoms with E-state index in [2.05, 4.69) is 175 Å². The molecule has 0 heterocycles. The van der Waals surface area contributed by atoms with E-state index in [1.54, 1.807) is 0 Å². The van der Waals surface area contributed by atoms with Crippen LogP contribution in [0.5, 0.6) is 5.75 Å². The zero-order valence-electron chi connectivity index (χ0n) is 29.8. The first-order valence-corrected chi connectivity index (χ1v) is 17.8. The van der Waals surface area contributed by atoms with Gasteiger partial charge in [-0.1, -0.05) is 78.4 Å². The van der Waals surface area contributed by atoms with Crippen molar-refractivity contribution < 1.29 is 9.31 Å². The standard InChI is InChI=1S/C46H47N3O/c1-5-48(33-36-13-9-8-10-14-36)43-26-18-39(19-27-43)46(38-16-22-41(23-17-38)47-42-24-30-45(31-25-42)50-7-3)40-20-28-44(29-21-40)49(6-2)34-37-15-11-12-35(4)32-37/h8-32H,5-7,33-34H2,1-4H3/p+1. The van der Waals surface area contributed by atoms with Crippen molar-refractivity contribution in [2.24, 2.45) is 0 Å². The van der Waals surface area contributed by atoms with Gasteiger partial charge < -0.3 is 15.0 Å². The summed E-state index contributed by atoms with van der Waals surface area (Å²) in [5.74, 6) is 0.879. The fourth-order valence-corrected chi connectivity index (χ4v) is 6.47. The summed E-state index contributed by atoms with van der Waals surface area (Å²) in [5, 5.41) is 3.54. The van der Waals surface area contributed by atoms with Crippen molar-refractivity contribution >= 4 is 28.3 Å². The summed E-state index contributed by atoms with van der Waals surface area (Å²) in [6, 6.07) is 45.4. The van der Waals surface area contributed by atoms with E-state index in [0.29, 0.717) is 6.61 Å². The van der Waals surface area contributed by atoms with Crippen LogP contribution in [0.3, 0.4) is 0 Å². The third kappa shape index (κ3) is 8.69. The number of ether oxygens (including phenoxy) is 1. The molecule has 6 rings (SSSR count). The molecule has 1 aliphatic carbocycles. The van der Waals surface area contributed by atoms with E-state index in [-0.39, 0.29) is 0 Å². The fourth-order valence-electron chi connectivity index (χ4n) is 6.47. The zero-order chi connectivity index (χ0) is 34.7. The Morgan fingerprint density at radius 3 is 1.88 bits per heavy atom. The van der Waals surface area contributed by atoms with Gasteiger partial charge in [0.15, 0.2) is 12.3 Å². The second kappa shape index (κ2) is 16.7. The van der Waals surface area contributed by atoms with Crippen LogP contribution in [-0.2, 0) is 13.1 Å². The molecule has 0 radical (unpaired) electrons. The van der Waals surface area contributed by atoms with Gasteiger partial charge in [-0.25, -0.2) is 4.58 Å². The number of aryl methyl sites for hydroxylation is 1. The van der Waals surface area contributed by atoms with Crippen molar-refractivity contribution in [3.63, 3.8) is 0 Å². The third-order valence-corrected chi connectivity index (χ3v) is 9.11. The Labute approximate surface area is 298 Å². The molecular formula is C46H48N3O+. The molecule has 0 bridgehead atoms. The van der Waals surface area contributed by atoms with Crippen molar-refractivity contribution in [1.29, 1.82) is 0 Å².